The number of carbonyl (C=O) groups excluding carboxylic acids is 2. The predicted octanol–water partition coefficient (Wildman–Crippen LogP) is 1.92. The van der Waals surface area contributed by atoms with Crippen LogP contribution in [0.25, 0.3) is 0 Å². The average Bonchev–Trinajstić information content (AvgIpc) is 2.96. The first-order valence-corrected chi connectivity index (χ1v) is 8.45. The lowest BCUT2D eigenvalue weighted by atomic mass is 10.1. The summed E-state index contributed by atoms with van der Waals surface area (Å²) in [6.07, 6.45) is 0.973. The van der Waals surface area contributed by atoms with Gasteiger partial charge >= 0.3 is 0 Å². The van der Waals surface area contributed by atoms with Crippen LogP contribution in [-0.2, 0) is 31.4 Å². The zero-order valence-corrected chi connectivity index (χ0v) is 14.7. The molecule has 6 nitrogen and oxygen atoms in total. The van der Waals surface area contributed by atoms with Crippen LogP contribution in [0.15, 0.2) is 18.2 Å². The first kappa shape index (κ1) is 18.0. The van der Waals surface area contributed by atoms with Gasteiger partial charge in [-0.3, -0.25) is 9.59 Å². The third-order valence-electron chi connectivity index (χ3n) is 4.57. The Morgan fingerprint density at radius 2 is 2.04 bits per heavy atom. The van der Waals surface area contributed by atoms with Gasteiger partial charge < -0.3 is 14.8 Å². The number of nitrogens with one attached hydrogen (secondary N) is 1. The molecule has 1 N–H and O–H groups in total. The number of benzene rings is 1. The summed E-state index contributed by atoms with van der Waals surface area (Å²) < 4.78 is 28.3. The van der Waals surface area contributed by atoms with Crippen molar-refractivity contribution in [2.75, 3.05) is 6.54 Å². The van der Waals surface area contributed by atoms with E-state index in [1.807, 2.05) is 11.6 Å². The molecule has 0 atom stereocenters. The fourth-order valence-electron chi connectivity index (χ4n) is 2.99. The van der Waals surface area contributed by atoms with Gasteiger partial charge in [-0.2, -0.15) is 0 Å². The normalized spacial score (nSPS) is 13.5. The summed E-state index contributed by atoms with van der Waals surface area (Å²) in [5, 5.41) is 2.79. The van der Waals surface area contributed by atoms with Crippen molar-refractivity contribution in [2.45, 2.75) is 32.9 Å². The van der Waals surface area contributed by atoms with Crippen molar-refractivity contribution in [1.82, 2.24) is 19.8 Å². The van der Waals surface area contributed by atoms with Crippen LogP contribution in [-0.4, -0.2) is 32.8 Å². The lowest BCUT2D eigenvalue weighted by Crippen LogP contribution is -2.36. The molecule has 2 heterocycles. The second kappa shape index (κ2) is 7.23. The Balaban J connectivity index is 1.76. The highest BCUT2D eigenvalue weighted by Crippen LogP contribution is 2.21. The van der Waals surface area contributed by atoms with Gasteiger partial charge in [-0.25, -0.2) is 13.8 Å². The third kappa shape index (κ3) is 3.44. The van der Waals surface area contributed by atoms with Crippen LogP contribution in [0.3, 0.4) is 0 Å². The third-order valence-corrected chi connectivity index (χ3v) is 4.57. The monoisotopic (exact) mass is 362 g/mol. The van der Waals surface area contributed by atoms with Gasteiger partial charge in [0.2, 0.25) is 5.91 Å². The van der Waals surface area contributed by atoms with E-state index in [9.17, 15) is 18.4 Å². The van der Waals surface area contributed by atoms with Gasteiger partial charge in [0.15, 0.2) is 11.6 Å². The smallest absolute Gasteiger partial charge is 0.254 e. The first-order chi connectivity index (χ1) is 12.4. The van der Waals surface area contributed by atoms with Crippen molar-refractivity contribution in [2.24, 2.45) is 7.05 Å². The number of halogens is 2. The fourth-order valence-corrected chi connectivity index (χ4v) is 2.99. The molecule has 2 amide bonds. The summed E-state index contributed by atoms with van der Waals surface area (Å²) in [6.45, 7) is 2.88. The number of hydrogen-bond acceptors (Lipinski definition) is 3. The summed E-state index contributed by atoms with van der Waals surface area (Å²) in [6, 6.07) is 3.16. The number of hydrogen-bond donors (Lipinski definition) is 1. The topological polar surface area (TPSA) is 67.2 Å². The molecule has 138 valence electrons. The molecule has 1 aromatic heterocycles. The maximum atomic E-state index is 13.4. The van der Waals surface area contributed by atoms with E-state index in [4.69, 9.17) is 0 Å². The van der Waals surface area contributed by atoms with Gasteiger partial charge in [0.05, 0.1) is 24.5 Å². The Hall–Kier alpha value is -2.77. The van der Waals surface area contributed by atoms with Crippen LogP contribution in [0.1, 0.15) is 40.9 Å². The van der Waals surface area contributed by atoms with Crippen LogP contribution in [0.4, 0.5) is 8.78 Å². The summed E-state index contributed by atoms with van der Waals surface area (Å²) in [5.41, 5.74) is 1.89. The molecular formula is C18H20F2N4O2. The highest BCUT2D eigenvalue weighted by molar-refractivity contribution is 5.94. The number of fused-ring (bicyclic) bond motifs is 1. The number of aromatic nitrogens is 2. The zero-order valence-electron chi connectivity index (χ0n) is 14.7. The van der Waals surface area contributed by atoms with Gasteiger partial charge in [0.25, 0.3) is 5.91 Å². The van der Waals surface area contributed by atoms with E-state index in [1.54, 1.807) is 11.8 Å². The summed E-state index contributed by atoms with van der Waals surface area (Å²) in [7, 11) is 1.84. The average molecular weight is 362 g/mol. The molecule has 0 aliphatic carbocycles. The minimum Gasteiger partial charge on any atom is -0.349 e. The molecule has 1 aromatic carbocycles. The minimum absolute atomic E-state index is 0.0545. The lowest BCUT2D eigenvalue weighted by molar-refractivity contribution is -0.120. The summed E-state index contributed by atoms with van der Waals surface area (Å²) in [5.74, 6) is -1.70. The number of carbonyl (C=O) groups is 2. The Bertz CT molecular complexity index is 863. The van der Waals surface area contributed by atoms with Crippen molar-refractivity contribution in [1.29, 1.82) is 0 Å². The molecular weight excluding hydrogens is 342 g/mol. The summed E-state index contributed by atoms with van der Waals surface area (Å²) in [4.78, 5) is 30.2. The first-order valence-electron chi connectivity index (χ1n) is 8.45. The number of imidazole rings is 1. The van der Waals surface area contributed by atoms with E-state index in [0.717, 1.165) is 29.3 Å². The van der Waals surface area contributed by atoms with E-state index < -0.39 is 11.6 Å². The lowest BCUT2D eigenvalue weighted by Gasteiger charge is -2.27. The molecule has 1 aliphatic heterocycles. The van der Waals surface area contributed by atoms with Crippen molar-refractivity contribution in [3.8, 4) is 0 Å². The molecule has 26 heavy (non-hydrogen) atoms. The van der Waals surface area contributed by atoms with Gasteiger partial charge in [-0.15, -0.1) is 0 Å². The second-order valence-electron chi connectivity index (χ2n) is 6.22. The SMILES string of the molecule is CCC(=O)NCc1nc2c(n1C)CN(C(=O)c1ccc(F)c(F)c1)CC2. The van der Waals surface area contributed by atoms with Crippen molar-refractivity contribution < 1.29 is 18.4 Å². The van der Waals surface area contributed by atoms with Crippen LogP contribution in [0, 0.1) is 11.6 Å². The largest absolute Gasteiger partial charge is 0.349 e. The van der Waals surface area contributed by atoms with Crippen molar-refractivity contribution >= 4 is 11.8 Å². The highest BCUT2D eigenvalue weighted by Gasteiger charge is 2.26. The van der Waals surface area contributed by atoms with Gasteiger partial charge in [-0.05, 0) is 18.2 Å². The van der Waals surface area contributed by atoms with Crippen LogP contribution >= 0.6 is 0 Å². The Labute approximate surface area is 149 Å². The minimum atomic E-state index is -1.04. The van der Waals surface area contributed by atoms with E-state index in [-0.39, 0.29) is 17.4 Å². The maximum Gasteiger partial charge on any atom is 0.254 e. The van der Waals surface area contributed by atoms with Crippen molar-refractivity contribution in [3.05, 3.63) is 52.6 Å². The molecule has 0 bridgehead atoms. The number of amides is 2. The zero-order chi connectivity index (χ0) is 18.8. The van der Waals surface area contributed by atoms with E-state index in [2.05, 4.69) is 10.3 Å². The van der Waals surface area contributed by atoms with Crippen LogP contribution < -0.4 is 5.32 Å². The molecule has 0 saturated heterocycles. The van der Waals surface area contributed by atoms with E-state index in [0.29, 0.717) is 32.5 Å². The molecule has 1 aliphatic rings. The molecule has 2 aromatic rings. The Kier molecular flexibility index (Phi) is 5.01. The van der Waals surface area contributed by atoms with Gasteiger partial charge in [0, 0.05) is 32.0 Å². The molecule has 0 unspecified atom stereocenters. The molecule has 0 saturated carbocycles. The quantitative estimate of drug-likeness (QED) is 0.904. The second-order valence-corrected chi connectivity index (χ2v) is 6.22. The molecule has 3 rings (SSSR count). The van der Waals surface area contributed by atoms with E-state index >= 15 is 0 Å². The standard InChI is InChI=1S/C18H20F2N4O2/c1-3-17(25)21-9-16-22-14-6-7-24(10-15(14)23(16)2)18(26)11-4-5-12(19)13(20)8-11/h4-5,8H,3,6-7,9-10H2,1-2H3,(H,21,25). The molecule has 0 radical (unpaired) electrons. The molecule has 0 fully saturated rings. The van der Waals surface area contributed by atoms with Gasteiger partial charge in [-0.1, -0.05) is 6.92 Å². The molecule has 0 spiro atoms. The predicted molar refractivity (Wildman–Crippen MR) is 90.1 cm³/mol. The van der Waals surface area contributed by atoms with Gasteiger partial charge in [0.1, 0.15) is 5.82 Å². The Morgan fingerprint density at radius 3 is 2.73 bits per heavy atom. The van der Waals surface area contributed by atoms with Crippen molar-refractivity contribution in [3.63, 3.8) is 0 Å². The molecule has 8 heteroatoms. The van der Waals surface area contributed by atoms with E-state index in [1.165, 1.54) is 6.07 Å². The van der Waals surface area contributed by atoms with Crippen LogP contribution in [0.2, 0.25) is 0 Å². The number of rotatable bonds is 4. The van der Waals surface area contributed by atoms with Crippen LogP contribution in [0.5, 0.6) is 0 Å². The highest BCUT2D eigenvalue weighted by atomic mass is 19.2. The summed E-state index contributed by atoms with van der Waals surface area (Å²) >= 11 is 0. The maximum absolute atomic E-state index is 13.4. The Morgan fingerprint density at radius 1 is 1.27 bits per heavy atom. The fraction of sp³-hybridized carbons (Fsp3) is 0.389. The number of nitrogens with zero attached hydrogens (tertiary/aromatic N) is 3.